The van der Waals surface area contributed by atoms with Gasteiger partial charge in [0.2, 0.25) is 21.8 Å². The molecule has 1 aliphatic rings. The highest BCUT2D eigenvalue weighted by Crippen LogP contribution is 2.25. The van der Waals surface area contributed by atoms with Gasteiger partial charge in [-0.2, -0.15) is 0 Å². The van der Waals surface area contributed by atoms with Crippen LogP contribution in [0.5, 0.6) is 11.6 Å². The number of halogens is 3. The van der Waals surface area contributed by atoms with E-state index in [9.17, 15) is 26.8 Å². The fourth-order valence-corrected chi connectivity index (χ4v) is 5.68. The highest BCUT2D eigenvalue weighted by Gasteiger charge is 2.28. The number of rotatable bonds is 13. The molecule has 2 heterocycles. The van der Waals surface area contributed by atoms with E-state index in [4.69, 9.17) is 10.5 Å². The van der Waals surface area contributed by atoms with Gasteiger partial charge in [-0.15, -0.1) is 12.4 Å². The molecule has 46 heavy (non-hydrogen) atoms. The van der Waals surface area contributed by atoms with Gasteiger partial charge >= 0.3 is 6.03 Å². The molecule has 0 saturated carbocycles. The highest BCUT2D eigenvalue weighted by atomic mass is 35.5. The number of piperidine rings is 1. The molecule has 1 aromatic heterocycles. The first-order valence-corrected chi connectivity index (χ1v) is 16.6. The standard InChI is InChI=1S/C31H38F2N6O5S.ClH/c1-3-4-13-39(31(41)36-28-16-22(17-29(34)40)26(32)18-27(28)33)24-11-14-38(15-12-24)20-21-5-10-30(35-19-21)44-25-8-6-23(7-9-25)37-45(2,42)43;/h5-10,16,18-19,24,37H,3-4,11-15,17,20H2,1-2H3,(H2,34,40)(H,36,41);1H. The van der Waals surface area contributed by atoms with Crippen LogP contribution in [0.2, 0.25) is 0 Å². The van der Waals surface area contributed by atoms with E-state index in [1.165, 1.54) is 0 Å². The first-order valence-electron chi connectivity index (χ1n) is 14.7. The zero-order valence-electron chi connectivity index (χ0n) is 25.7. The Labute approximate surface area is 274 Å². The topological polar surface area (TPSA) is 147 Å². The molecule has 15 heteroatoms. The SMILES string of the molecule is CCCCN(C(=O)Nc1cc(CC(N)=O)c(F)cc1F)C1CCN(Cc2ccc(Oc3ccc(NS(C)(=O)=O)cc3)nc2)CC1.Cl. The number of nitrogens with zero attached hydrogens (tertiary/aromatic N) is 3. The van der Waals surface area contributed by atoms with Crippen molar-refractivity contribution >= 4 is 45.7 Å². The molecule has 1 aliphatic heterocycles. The van der Waals surface area contributed by atoms with E-state index in [0.717, 1.165) is 56.7 Å². The van der Waals surface area contributed by atoms with Crippen LogP contribution in [0.3, 0.4) is 0 Å². The summed E-state index contributed by atoms with van der Waals surface area (Å²) < 4.78 is 59.5. The number of unbranched alkanes of at least 4 members (excludes halogenated alkanes) is 1. The number of pyridine rings is 1. The second kappa shape index (κ2) is 16.5. The zero-order chi connectivity index (χ0) is 32.6. The second-order valence-electron chi connectivity index (χ2n) is 11.1. The molecule has 4 N–H and O–H groups in total. The summed E-state index contributed by atoms with van der Waals surface area (Å²) in [6, 6.07) is 11.4. The lowest BCUT2D eigenvalue weighted by atomic mass is 10.0. The van der Waals surface area contributed by atoms with Crippen molar-refractivity contribution in [2.24, 2.45) is 5.73 Å². The molecule has 0 unspecified atom stereocenters. The summed E-state index contributed by atoms with van der Waals surface area (Å²) in [4.78, 5) is 33.0. The Morgan fingerprint density at radius 1 is 1.09 bits per heavy atom. The summed E-state index contributed by atoms with van der Waals surface area (Å²) in [6.45, 7) is 4.65. The van der Waals surface area contributed by atoms with Gasteiger partial charge in [0.05, 0.1) is 18.4 Å². The maximum atomic E-state index is 14.5. The molecule has 0 spiro atoms. The number of hydrogen-bond acceptors (Lipinski definition) is 7. The maximum absolute atomic E-state index is 14.5. The fourth-order valence-electron chi connectivity index (χ4n) is 5.12. The Morgan fingerprint density at radius 2 is 1.78 bits per heavy atom. The Balaban J connectivity index is 0.00000576. The first-order chi connectivity index (χ1) is 21.4. The van der Waals surface area contributed by atoms with Crippen LogP contribution in [0.1, 0.15) is 43.7 Å². The summed E-state index contributed by atoms with van der Waals surface area (Å²) in [5.41, 5.74) is 6.32. The number of carbonyl (C=O) groups is 2. The van der Waals surface area contributed by atoms with Gasteiger partial charge in [0.25, 0.3) is 0 Å². The van der Waals surface area contributed by atoms with Gasteiger partial charge in [0.1, 0.15) is 17.4 Å². The number of nitrogens with two attached hydrogens (primary N) is 1. The fraction of sp³-hybridized carbons (Fsp3) is 0.387. The monoisotopic (exact) mass is 680 g/mol. The molecular formula is C31H39ClF2N6O5S. The molecular weight excluding hydrogens is 642 g/mol. The molecule has 11 nitrogen and oxygen atoms in total. The predicted molar refractivity (Wildman–Crippen MR) is 175 cm³/mol. The molecule has 1 saturated heterocycles. The van der Waals surface area contributed by atoms with E-state index < -0.39 is 40.0 Å². The molecule has 0 atom stereocenters. The molecule has 0 bridgehead atoms. The quantitative estimate of drug-likeness (QED) is 0.223. The van der Waals surface area contributed by atoms with Crippen molar-refractivity contribution < 1.29 is 31.5 Å². The third-order valence-corrected chi connectivity index (χ3v) is 7.94. The molecule has 0 aliphatic carbocycles. The van der Waals surface area contributed by atoms with Crippen LogP contribution >= 0.6 is 12.4 Å². The summed E-state index contributed by atoms with van der Waals surface area (Å²) in [5.74, 6) is -1.67. The van der Waals surface area contributed by atoms with Gasteiger partial charge in [-0.25, -0.2) is 27.0 Å². The van der Waals surface area contributed by atoms with Crippen molar-refractivity contribution in [3.05, 3.63) is 77.5 Å². The van der Waals surface area contributed by atoms with Crippen LogP contribution in [-0.2, 0) is 27.8 Å². The van der Waals surface area contributed by atoms with Crippen molar-refractivity contribution in [3.63, 3.8) is 0 Å². The molecule has 250 valence electrons. The lowest BCUT2D eigenvalue weighted by Gasteiger charge is -2.38. The molecule has 4 rings (SSSR count). The Bertz CT molecular complexity index is 1590. The van der Waals surface area contributed by atoms with E-state index in [1.54, 1.807) is 41.4 Å². The number of ether oxygens (including phenoxy) is 1. The number of hydrogen-bond donors (Lipinski definition) is 3. The minimum absolute atomic E-state index is 0. The van der Waals surface area contributed by atoms with Crippen molar-refractivity contribution in [2.45, 2.75) is 51.6 Å². The minimum atomic E-state index is -3.36. The van der Waals surface area contributed by atoms with Crippen molar-refractivity contribution in [3.8, 4) is 11.6 Å². The van der Waals surface area contributed by atoms with Crippen LogP contribution in [0.15, 0.2) is 54.7 Å². The summed E-state index contributed by atoms with van der Waals surface area (Å²) in [5, 5.41) is 2.57. The van der Waals surface area contributed by atoms with Crippen molar-refractivity contribution in [1.82, 2.24) is 14.8 Å². The third-order valence-electron chi connectivity index (χ3n) is 7.34. The van der Waals surface area contributed by atoms with Crippen molar-refractivity contribution in [1.29, 1.82) is 0 Å². The first kappa shape index (κ1) is 36.5. The average molecular weight is 681 g/mol. The van der Waals surface area contributed by atoms with Gasteiger partial charge < -0.3 is 20.7 Å². The number of amides is 3. The average Bonchev–Trinajstić information content (AvgIpc) is 2.97. The van der Waals surface area contributed by atoms with Crippen LogP contribution < -0.4 is 20.5 Å². The van der Waals surface area contributed by atoms with E-state index in [1.807, 2.05) is 13.0 Å². The molecule has 1 fully saturated rings. The van der Waals surface area contributed by atoms with Crippen molar-refractivity contribution in [2.75, 3.05) is 35.9 Å². The molecule has 2 aromatic carbocycles. The number of sulfonamides is 1. The molecule has 0 radical (unpaired) electrons. The summed E-state index contributed by atoms with van der Waals surface area (Å²) >= 11 is 0. The van der Waals surface area contributed by atoms with E-state index >= 15 is 0 Å². The van der Waals surface area contributed by atoms with Gasteiger partial charge in [-0.05, 0) is 60.7 Å². The Morgan fingerprint density at radius 3 is 2.37 bits per heavy atom. The lowest BCUT2D eigenvalue weighted by molar-refractivity contribution is -0.117. The largest absolute Gasteiger partial charge is 0.439 e. The van der Waals surface area contributed by atoms with Crippen LogP contribution in [0.25, 0.3) is 0 Å². The minimum Gasteiger partial charge on any atom is -0.439 e. The normalized spacial score (nSPS) is 13.8. The molecule has 3 amide bonds. The van der Waals surface area contributed by atoms with E-state index in [2.05, 4.69) is 19.9 Å². The van der Waals surface area contributed by atoms with Crippen LogP contribution in [0, 0.1) is 11.6 Å². The lowest BCUT2D eigenvalue weighted by Crippen LogP contribution is -2.49. The van der Waals surface area contributed by atoms with Gasteiger partial charge in [-0.1, -0.05) is 19.4 Å². The Hall–Kier alpha value is -4.01. The Kier molecular flexibility index (Phi) is 13.1. The zero-order valence-corrected chi connectivity index (χ0v) is 27.3. The highest BCUT2D eigenvalue weighted by molar-refractivity contribution is 7.92. The van der Waals surface area contributed by atoms with Gasteiger partial charge in [-0.3, -0.25) is 14.4 Å². The molecule has 3 aromatic rings. The smallest absolute Gasteiger partial charge is 0.322 e. The predicted octanol–water partition coefficient (Wildman–Crippen LogP) is 5.27. The van der Waals surface area contributed by atoms with Crippen LogP contribution in [0.4, 0.5) is 25.0 Å². The summed E-state index contributed by atoms with van der Waals surface area (Å²) in [7, 11) is -3.36. The number of urea groups is 1. The third kappa shape index (κ3) is 10.8. The number of nitrogens with one attached hydrogen (secondary N) is 2. The number of anilines is 2. The number of likely N-dealkylation sites (tertiary alicyclic amines) is 1. The number of primary amides is 1. The number of benzene rings is 2. The second-order valence-corrected chi connectivity index (χ2v) is 12.8. The van der Waals surface area contributed by atoms with Gasteiger partial charge in [0.15, 0.2) is 0 Å². The van der Waals surface area contributed by atoms with Crippen LogP contribution in [-0.4, -0.2) is 67.1 Å². The number of aromatic nitrogens is 1. The number of carbonyl (C=O) groups excluding carboxylic acids is 2. The van der Waals surface area contributed by atoms with Gasteiger partial charge in [0, 0.05) is 56.2 Å². The van der Waals surface area contributed by atoms with E-state index in [-0.39, 0.29) is 29.7 Å². The van der Waals surface area contributed by atoms with E-state index in [0.29, 0.717) is 36.5 Å². The maximum Gasteiger partial charge on any atom is 0.322 e. The summed E-state index contributed by atoms with van der Waals surface area (Å²) in [6.07, 6.45) is 5.50.